The zero-order chi connectivity index (χ0) is 14.7. The summed E-state index contributed by atoms with van der Waals surface area (Å²) in [6.45, 7) is 0. The van der Waals surface area contributed by atoms with E-state index in [0.717, 1.165) is 10.0 Å². The van der Waals surface area contributed by atoms with Gasteiger partial charge in [0, 0.05) is 12.0 Å². The normalized spacial score (nSPS) is 12.2. The number of aliphatic hydroxyl groups excluding tert-OH is 1. The molecule has 0 aliphatic heterocycles. The molecule has 1 unspecified atom stereocenters. The van der Waals surface area contributed by atoms with Gasteiger partial charge in [-0.05, 0) is 39.7 Å². The van der Waals surface area contributed by atoms with Crippen LogP contribution in [-0.2, 0) is 6.42 Å². The zero-order valence-electron chi connectivity index (χ0n) is 10.7. The Hall–Kier alpha value is -1.10. The topological polar surface area (TPSA) is 29.5 Å². The van der Waals surface area contributed by atoms with E-state index >= 15 is 0 Å². The first kappa shape index (κ1) is 15.3. The molecule has 2 aromatic rings. The first-order chi connectivity index (χ1) is 9.52. The van der Waals surface area contributed by atoms with Crippen molar-refractivity contribution in [2.45, 2.75) is 12.5 Å². The molecule has 0 aromatic heterocycles. The van der Waals surface area contributed by atoms with Crippen LogP contribution in [0.3, 0.4) is 0 Å². The van der Waals surface area contributed by atoms with Gasteiger partial charge in [0.2, 0.25) is 0 Å². The molecule has 0 aliphatic carbocycles. The lowest BCUT2D eigenvalue weighted by atomic mass is 10.0. The van der Waals surface area contributed by atoms with Crippen LogP contribution in [0.25, 0.3) is 0 Å². The Bertz CT molecular complexity index is 619. The summed E-state index contributed by atoms with van der Waals surface area (Å²) in [4.78, 5) is 0. The van der Waals surface area contributed by atoms with Gasteiger partial charge < -0.3 is 9.84 Å². The maximum atomic E-state index is 13.8. The fraction of sp³-hybridized carbons (Fsp3) is 0.200. The second kappa shape index (κ2) is 6.57. The third kappa shape index (κ3) is 3.32. The fourth-order valence-electron chi connectivity index (χ4n) is 1.95. The number of rotatable bonds is 4. The smallest absolute Gasteiger partial charge is 0.147 e. The molecule has 0 fully saturated rings. The van der Waals surface area contributed by atoms with E-state index in [0.29, 0.717) is 12.2 Å². The van der Waals surface area contributed by atoms with Gasteiger partial charge in [0.15, 0.2) is 0 Å². The lowest BCUT2D eigenvalue weighted by Crippen LogP contribution is -2.05. The highest BCUT2D eigenvalue weighted by Crippen LogP contribution is 2.29. The van der Waals surface area contributed by atoms with Crippen molar-refractivity contribution in [3.05, 3.63) is 62.8 Å². The molecule has 0 spiro atoms. The van der Waals surface area contributed by atoms with Gasteiger partial charge in [0.1, 0.15) is 11.6 Å². The minimum atomic E-state index is -0.950. The van der Waals surface area contributed by atoms with Crippen LogP contribution in [0.1, 0.15) is 17.2 Å². The minimum absolute atomic E-state index is 0.0115. The maximum absolute atomic E-state index is 13.8. The van der Waals surface area contributed by atoms with Crippen molar-refractivity contribution in [1.29, 1.82) is 0 Å². The quantitative estimate of drug-likeness (QED) is 0.869. The average Bonchev–Trinajstić information content (AvgIpc) is 2.42. The third-order valence-corrected chi connectivity index (χ3v) is 3.90. The molecule has 1 atom stereocenters. The van der Waals surface area contributed by atoms with Gasteiger partial charge in [0.25, 0.3) is 0 Å². The van der Waals surface area contributed by atoms with E-state index < -0.39 is 11.9 Å². The van der Waals surface area contributed by atoms with E-state index in [-0.39, 0.29) is 10.6 Å². The SMILES string of the molecule is COc1ccc(CC(O)c2cccc(Cl)c2F)cc1Br. The molecule has 1 N–H and O–H groups in total. The van der Waals surface area contributed by atoms with Crippen LogP contribution in [0.4, 0.5) is 4.39 Å². The van der Waals surface area contributed by atoms with Crippen LogP contribution >= 0.6 is 27.5 Å². The highest BCUT2D eigenvalue weighted by molar-refractivity contribution is 9.10. The van der Waals surface area contributed by atoms with E-state index in [2.05, 4.69) is 15.9 Å². The number of methoxy groups -OCH3 is 1. The molecular weight excluding hydrogens is 347 g/mol. The number of hydrogen-bond donors (Lipinski definition) is 1. The van der Waals surface area contributed by atoms with Gasteiger partial charge in [-0.25, -0.2) is 4.39 Å². The highest BCUT2D eigenvalue weighted by atomic mass is 79.9. The Morgan fingerprint density at radius 2 is 2.10 bits per heavy atom. The molecule has 0 saturated heterocycles. The number of halogens is 3. The summed E-state index contributed by atoms with van der Waals surface area (Å²) in [5.41, 5.74) is 1.06. The molecule has 0 heterocycles. The van der Waals surface area contributed by atoms with Crippen molar-refractivity contribution >= 4 is 27.5 Å². The lowest BCUT2D eigenvalue weighted by Gasteiger charge is -2.13. The number of aliphatic hydroxyl groups is 1. The van der Waals surface area contributed by atoms with E-state index in [1.54, 1.807) is 19.2 Å². The standard InChI is InChI=1S/C15H13BrClFO2/c1-20-14-6-5-9(7-11(14)16)8-13(19)10-3-2-4-12(17)15(10)18/h2-7,13,19H,8H2,1H3. The summed E-state index contributed by atoms with van der Waals surface area (Å²) in [6, 6.07) is 10.1. The molecular formula is C15H13BrClFO2. The van der Waals surface area contributed by atoms with Crippen molar-refractivity contribution in [2.24, 2.45) is 0 Å². The molecule has 0 aliphatic rings. The molecule has 0 bridgehead atoms. The number of benzene rings is 2. The third-order valence-electron chi connectivity index (χ3n) is 2.99. The van der Waals surface area contributed by atoms with Crippen molar-refractivity contribution in [3.8, 4) is 5.75 Å². The highest BCUT2D eigenvalue weighted by Gasteiger charge is 2.16. The Kier molecular flexibility index (Phi) is 5.02. The predicted octanol–water partition coefficient (Wildman–Crippen LogP) is 4.53. The molecule has 0 amide bonds. The monoisotopic (exact) mass is 358 g/mol. The minimum Gasteiger partial charge on any atom is -0.496 e. The van der Waals surface area contributed by atoms with E-state index in [1.165, 1.54) is 12.1 Å². The van der Waals surface area contributed by atoms with Crippen LogP contribution in [0.5, 0.6) is 5.75 Å². The van der Waals surface area contributed by atoms with Gasteiger partial charge in [-0.3, -0.25) is 0 Å². The summed E-state index contributed by atoms with van der Waals surface area (Å²) in [5.74, 6) is 0.131. The van der Waals surface area contributed by atoms with Crippen LogP contribution in [0.15, 0.2) is 40.9 Å². The van der Waals surface area contributed by atoms with Crippen LogP contribution in [0, 0.1) is 5.82 Å². The number of hydrogen-bond acceptors (Lipinski definition) is 2. The Morgan fingerprint density at radius 3 is 2.75 bits per heavy atom. The summed E-state index contributed by atoms with van der Waals surface area (Å²) < 4.78 is 19.8. The van der Waals surface area contributed by atoms with Gasteiger partial charge in [-0.15, -0.1) is 0 Å². The Labute approximate surface area is 130 Å². The molecule has 20 heavy (non-hydrogen) atoms. The first-order valence-corrected chi connectivity index (χ1v) is 7.14. The molecule has 0 radical (unpaired) electrons. The summed E-state index contributed by atoms with van der Waals surface area (Å²) >= 11 is 9.09. The molecule has 2 aromatic carbocycles. The van der Waals surface area contributed by atoms with Gasteiger partial charge in [-0.1, -0.05) is 29.8 Å². The maximum Gasteiger partial charge on any atom is 0.147 e. The summed E-state index contributed by atoms with van der Waals surface area (Å²) in [6.07, 6.45) is -0.658. The van der Waals surface area contributed by atoms with Crippen LogP contribution in [0.2, 0.25) is 5.02 Å². The van der Waals surface area contributed by atoms with Crippen LogP contribution < -0.4 is 4.74 Å². The molecule has 0 saturated carbocycles. The van der Waals surface area contributed by atoms with Gasteiger partial charge >= 0.3 is 0 Å². The first-order valence-electron chi connectivity index (χ1n) is 5.97. The average molecular weight is 360 g/mol. The summed E-state index contributed by atoms with van der Waals surface area (Å²) in [5, 5.41) is 10.2. The molecule has 5 heteroatoms. The van der Waals surface area contributed by atoms with Crippen LogP contribution in [-0.4, -0.2) is 12.2 Å². The van der Waals surface area contributed by atoms with Crippen molar-refractivity contribution in [3.63, 3.8) is 0 Å². The summed E-state index contributed by atoms with van der Waals surface area (Å²) in [7, 11) is 1.58. The largest absolute Gasteiger partial charge is 0.496 e. The van der Waals surface area contributed by atoms with E-state index in [4.69, 9.17) is 16.3 Å². The fourth-order valence-corrected chi connectivity index (χ4v) is 2.72. The molecule has 106 valence electrons. The van der Waals surface area contributed by atoms with Crippen molar-refractivity contribution in [2.75, 3.05) is 7.11 Å². The zero-order valence-corrected chi connectivity index (χ0v) is 13.1. The molecule has 2 nitrogen and oxygen atoms in total. The van der Waals surface area contributed by atoms with Gasteiger partial charge in [-0.2, -0.15) is 0 Å². The van der Waals surface area contributed by atoms with E-state index in [1.807, 2.05) is 12.1 Å². The number of ether oxygens (including phenoxy) is 1. The lowest BCUT2D eigenvalue weighted by molar-refractivity contribution is 0.173. The Balaban J connectivity index is 2.21. The van der Waals surface area contributed by atoms with E-state index in [9.17, 15) is 9.50 Å². The molecule has 2 rings (SSSR count). The second-order valence-corrected chi connectivity index (χ2v) is 5.59. The second-order valence-electron chi connectivity index (χ2n) is 4.33. The predicted molar refractivity (Wildman–Crippen MR) is 80.8 cm³/mol. The van der Waals surface area contributed by atoms with Gasteiger partial charge in [0.05, 0.1) is 22.7 Å². The Morgan fingerprint density at radius 1 is 1.35 bits per heavy atom. The van der Waals surface area contributed by atoms with Crippen molar-refractivity contribution in [1.82, 2.24) is 0 Å². The van der Waals surface area contributed by atoms with Crippen molar-refractivity contribution < 1.29 is 14.2 Å².